The molecule has 2 unspecified atom stereocenters. The van der Waals surface area contributed by atoms with E-state index < -0.39 is 0 Å². The van der Waals surface area contributed by atoms with Crippen LogP contribution in [-0.2, 0) is 11.3 Å². The number of nitrogens with zero attached hydrogens (tertiary/aromatic N) is 4. The molecule has 1 aromatic heterocycles. The molecule has 1 N–H and O–H groups in total. The summed E-state index contributed by atoms with van der Waals surface area (Å²) >= 11 is 0. The lowest BCUT2D eigenvalue weighted by Crippen LogP contribution is -2.21. The maximum Gasteiger partial charge on any atom is 0.167 e. The van der Waals surface area contributed by atoms with Crippen LogP contribution in [0.15, 0.2) is 0 Å². The van der Waals surface area contributed by atoms with Crippen molar-refractivity contribution in [1.29, 1.82) is 0 Å². The van der Waals surface area contributed by atoms with Crippen molar-refractivity contribution in [1.82, 2.24) is 25.5 Å². The summed E-state index contributed by atoms with van der Waals surface area (Å²) in [5.41, 5.74) is 0. The quantitative estimate of drug-likeness (QED) is 0.733. The van der Waals surface area contributed by atoms with Crippen LogP contribution in [0.5, 0.6) is 0 Å². The van der Waals surface area contributed by atoms with Gasteiger partial charge in [0.05, 0.1) is 12.6 Å². The second-order valence-electron chi connectivity index (χ2n) is 3.79. The predicted molar refractivity (Wildman–Crippen MR) is 56.3 cm³/mol. The van der Waals surface area contributed by atoms with E-state index in [1.807, 2.05) is 18.7 Å². The van der Waals surface area contributed by atoms with E-state index in [9.17, 15) is 0 Å². The van der Waals surface area contributed by atoms with Crippen LogP contribution in [-0.4, -0.2) is 41.0 Å². The van der Waals surface area contributed by atoms with Gasteiger partial charge in [0.25, 0.3) is 0 Å². The van der Waals surface area contributed by atoms with Gasteiger partial charge in [0, 0.05) is 13.7 Å². The van der Waals surface area contributed by atoms with Crippen molar-refractivity contribution < 1.29 is 4.74 Å². The average molecular weight is 213 g/mol. The van der Waals surface area contributed by atoms with Crippen LogP contribution >= 0.6 is 0 Å². The van der Waals surface area contributed by atoms with Crippen LogP contribution in [0.25, 0.3) is 0 Å². The van der Waals surface area contributed by atoms with Gasteiger partial charge in [-0.15, -0.1) is 5.10 Å². The van der Waals surface area contributed by atoms with Gasteiger partial charge in [-0.3, -0.25) is 0 Å². The highest BCUT2D eigenvalue weighted by molar-refractivity contribution is 4.88. The Morgan fingerprint density at radius 1 is 1.47 bits per heavy atom. The number of nitrogens with one attached hydrogen (secondary N) is 1. The Morgan fingerprint density at radius 2 is 2.20 bits per heavy atom. The van der Waals surface area contributed by atoms with Gasteiger partial charge in [0.15, 0.2) is 5.82 Å². The van der Waals surface area contributed by atoms with Crippen LogP contribution in [0.2, 0.25) is 0 Å². The first-order chi connectivity index (χ1) is 7.19. The zero-order valence-corrected chi connectivity index (χ0v) is 9.77. The summed E-state index contributed by atoms with van der Waals surface area (Å²) in [6.45, 7) is 5.64. The molecule has 0 amide bonds. The van der Waals surface area contributed by atoms with E-state index in [0.29, 0.717) is 12.5 Å². The molecule has 0 aromatic carbocycles. The lowest BCUT2D eigenvalue weighted by Gasteiger charge is -2.13. The first-order valence-electron chi connectivity index (χ1n) is 5.11. The molecule has 0 aliphatic heterocycles. The number of hydrogen-bond acceptors (Lipinski definition) is 5. The predicted octanol–water partition coefficient (Wildman–Crippen LogP) is 0.236. The number of methoxy groups -OCH3 is 1. The van der Waals surface area contributed by atoms with E-state index in [4.69, 9.17) is 4.74 Å². The largest absolute Gasteiger partial charge is 0.384 e. The summed E-state index contributed by atoms with van der Waals surface area (Å²) in [6.07, 6.45) is 0. The Hall–Kier alpha value is -1.01. The fourth-order valence-corrected chi connectivity index (χ4v) is 1.41. The fraction of sp³-hybridized carbons (Fsp3) is 0.889. The molecule has 1 rings (SSSR count). The van der Waals surface area contributed by atoms with Crippen LogP contribution in [0.4, 0.5) is 0 Å². The number of tetrazole rings is 1. The topological polar surface area (TPSA) is 64.9 Å². The molecule has 0 aliphatic rings. The zero-order chi connectivity index (χ0) is 11.3. The molecule has 0 radical (unpaired) electrons. The Labute approximate surface area is 90.0 Å². The monoisotopic (exact) mass is 213 g/mol. The minimum absolute atomic E-state index is 0.162. The van der Waals surface area contributed by atoms with Crippen molar-refractivity contribution in [2.75, 3.05) is 20.8 Å². The van der Waals surface area contributed by atoms with Crippen molar-refractivity contribution in [3.63, 3.8) is 0 Å². The molecule has 2 atom stereocenters. The molecule has 0 aliphatic carbocycles. The Balaban J connectivity index is 2.64. The minimum Gasteiger partial charge on any atom is -0.384 e. The molecule has 1 aromatic rings. The van der Waals surface area contributed by atoms with Gasteiger partial charge in [-0.25, -0.2) is 4.68 Å². The van der Waals surface area contributed by atoms with Crippen molar-refractivity contribution in [2.45, 2.75) is 26.4 Å². The molecule has 15 heavy (non-hydrogen) atoms. The SMILES string of the molecule is CNC(C)c1nnnn1CC(C)COC. The van der Waals surface area contributed by atoms with Crippen LogP contribution < -0.4 is 5.32 Å². The summed E-state index contributed by atoms with van der Waals surface area (Å²) in [5, 5.41) is 14.8. The minimum atomic E-state index is 0.162. The van der Waals surface area contributed by atoms with Crippen LogP contribution in [0.3, 0.4) is 0 Å². The molecular formula is C9H19N5O. The third-order valence-corrected chi connectivity index (χ3v) is 2.32. The van der Waals surface area contributed by atoms with Crippen molar-refractivity contribution >= 4 is 0 Å². The van der Waals surface area contributed by atoms with E-state index in [1.54, 1.807) is 7.11 Å². The van der Waals surface area contributed by atoms with Gasteiger partial charge < -0.3 is 10.1 Å². The van der Waals surface area contributed by atoms with Crippen LogP contribution in [0.1, 0.15) is 25.7 Å². The Kier molecular flexibility index (Phi) is 4.64. The van der Waals surface area contributed by atoms with Crippen molar-refractivity contribution in [2.24, 2.45) is 5.92 Å². The van der Waals surface area contributed by atoms with Crippen LogP contribution in [0, 0.1) is 5.92 Å². The van der Waals surface area contributed by atoms with E-state index in [0.717, 1.165) is 12.4 Å². The first-order valence-corrected chi connectivity index (χ1v) is 5.11. The summed E-state index contributed by atoms with van der Waals surface area (Å²) < 4.78 is 6.91. The molecule has 6 heteroatoms. The summed E-state index contributed by atoms with van der Waals surface area (Å²) in [5.74, 6) is 1.27. The van der Waals surface area contributed by atoms with E-state index >= 15 is 0 Å². The summed E-state index contributed by atoms with van der Waals surface area (Å²) in [6, 6.07) is 0.162. The molecule has 1 heterocycles. The maximum absolute atomic E-state index is 5.08. The van der Waals surface area contributed by atoms with Gasteiger partial charge in [-0.1, -0.05) is 6.92 Å². The van der Waals surface area contributed by atoms with Gasteiger partial charge >= 0.3 is 0 Å². The number of aromatic nitrogens is 4. The van der Waals surface area contributed by atoms with Crippen molar-refractivity contribution in [3.05, 3.63) is 5.82 Å². The van der Waals surface area contributed by atoms with Gasteiger partial charge in [0.1, 0.15) is 0 Å². The average Bonchev–Trinajstić information content (AvgIpc) is 2.65. The van der Waals surface area contributed by atoms with Gasteiger partial charge in [0.2, 0.25) is 0 Å². The third kappa shape index (κ3) is 3.24. The fourth-order valence-electron chi connectivity index (χ4n) is 1.41. The lowest BCUT2D eigenvalue weighted by molar-refractivity contribution is 0.148. The second kappa shape index (κ2) is 5.77. The normalized spacial score (nSPS) is 15.2. The maximum atomic E-state index is 5.08. The number of rotatable bonds is 6. The number of ether oxygens (including phenoxy) is 1. The molecule has 6 nitrogen and oxygen atoms in total. The van der Waals surface area contributed by atoms with Gasteiger partial charge in [-0.05, 0) is 30.3 Å². The highest BCUT2D eigenvalue weighted by atomic mass is 16.5. The summed E-state index contributed by atoms with van der Waals surface area (Å²) in [4.78, 5) is 0. The molecule has 0 fully saturated rings. The molecule has 86 valence electrons. The van der Waals surface area contributed by atoms with E-state index in [2.05, 4.69) is 27.8 Å². The first kappa shape index (κ1) is 12.1. The van der Waals surface area contributed by atoms with Gasteiger partial charge in [-0.2, -0.15) is 0 Å². The summed E-state index contributed by atoms with van der Waals surface area (Å²) in [7, 11) is 3.59. The smallest absolute Gasteiger partial charge is 0.167 e. The molecule has 0 saturated carbocycles. The number of hydrogen-bond donors (Lipinski definition) is 1. The Morgan fingerprint density at radius 3 is 2.80 bits per heavy atom. The lowest BCUT2D eigenvalue weighted by atomic mass is 10.2. The van der Waals surface area contributed by atoms with Crippen molar-refractivity contribution in [3.8, 4) is 0 Å². The molecular weight excluding hydrogens is 194 g/mol. The van der Waals surface area contributed by atoms with E-state index in [1.165, 1.54) is 0 Å². The molecule has 0 bridgehead atoms. The van der Waals surface area contributed by atoms with E-state index in [-0.39, 0.29) is 6.04 Å². The zero-order valence-electron chi connectivity index (χ0n) is 9.77. The highest BCUT2D eigenvalue weighted by Crippen LogP contribution is 2.08. The molecule has 0 saturated heterocycles. The second-order valence-corrected chi connectivity index (χ2v) is 3.79. The Bertz CT molecular complexity index is 288. The highest BCUT2D eigenvalue weighted by Gasteiger charge is 2.14. The molecule has 0 spiro atoms. The standard InChI is InChI=1S/C9H19N5O/c1-7(6-15-4)5-14-9(8(2)10-3)11-12-13-14/h7-8,10H,5-6H2,1-4H3. The third-order valence-electron chi connectivity index (χ3n) is 2.32.